The van der Waals surface area contributed by atoms with Crippen molar-refractivity contribution in [2.45, 2.75) is 56.6 Å². The molecular formula is C13H22N2O4. The van der Waals surface area contributed by atoms with E-state index in [1.165, 1.54) is 0 Å². The third kappa shape index (κ3) is 3.59. The van der Waals surface area contributed by atoms with Crippen molar-refractivity contribution in [3.05, 3.63) is 0 Å². The fourth-order valence-corrected chi connectivity index (χ4v) is 3.10. The highest BCUT2D eigenvalue weighted by atomic mass is 16.4. The molecule has 0 aromatic heterocycles. The summed E-state index contributed by atoms with van der Waals surface area (Å²) < 4.78 is 0. The molecular weight excluding hydrogens is 248 g/mol. The van der Waals surface area contributed by atoms with Crippen molar-refractivity contribution in [2.75, 3.05) is 13.1 Å². The Morgan fingerprint density at radius 2 is 1.95 bits per heavy atom. The SMILES string of the molecule is O=C(O)CC1(NC(=O)N2CCC(O)C2)CCCCC1. The van der Waals surface area contributed by atoms with E-state index in [1.54, 1.807) is 4.90 Å². The standard InChI is InChI=1S/C13H22N2O4/c16-10-4-7-15(9-10)12(19)14-13(8-11(17)18)5-2-1-3-6-13/h10,16H,1-9H2,(H,14,19)(H,17,18). The van der Waals surface area contributed by atoms with Gasteiger partial charge >= 0.3 is 12.0 Å². The smallest absolute Gasteiger partial charge is 0.317 e. The van der Waals surface area contributed by atoms with Gasteiger partial charge < -0.3 is 20.4 Å². The molecule has 2 aliphatic rings. The molecule has 1 atom stereocenters. The Bertz CT molecular complexity index is 353. The van der Waals surface area contributed by atoms with Crippen molar-refractivity contribution in [1.29, 1.82) is 0 Å². The lowest BCUT2D eigenvalue weighted by atomic mass is 9.79. The van der Waals surface area contributed by atoms with Gasteiger partial charge in [0.05, 0.1) is 18.1 Å². The highest BCUT2D eigenvalue weighted by molar-refractivity contribution is 5.77. The van der Waals surface area contributed by atoms with Crippen molar-refractivity contribution in [2.24, 2.45) is 0 Å². The first-order valence-electron chi connectivity index (χ1n) is 6.98. The van der Waals surface area contributed by atoms with Crippen LogP contribution in [-0.2, 0) is 4.79 Å². The molecule has 108 valence electrons. The number of aliphatic hydroxyl groups excluding tert-OH is 1. The number of aliphatic carboxylic acids is 1. The molecule has 1 heterocycles. The van der Waals surface area contributed by atoms with E-state index in [9.17, 15) is 14.7 Å². The normalized spacial score (nSPS) is 26.2. The molecule has 0 aromatic rings. The van der Waals surface area contributed by atoms with Crippen LogP contribution in [0.5, 0.6) is 0 Å². The Hall–Kier alpha value is -1.30. The number of carbonyl (C=O) groups is 2. The lowest BCUT2D eigenvalue weighted by molar-refractivity contribution is -0.139. The van der Waals surface area contributed by atoms with Crippen molar-refractivity contribution < 1.29 is 19.8 Å². The van der Waals surface area contributed by atoms with Gasteiger partial charge in [-0.3, -0.25) is 4.79 Å². The van der Waals surface area contributed by atoms with Gasteiger partial charge in [0.1, 0.15) is 0 Å². The predicted molar refractivity (Wildman–Crippen MR) is 68.8 cm³/mol. The number of hydrogen-bond acceptors (Lipinski definition) is 3. The van der Waals surface area contributed by atoms with E-state index in [-0.39, 0.29) is 12.5 Å². The van der Waals surface area contributed by atoms with Crippen LogP contribution in [0.4, 0.5) is 4.79 Å². The first-order valence-corrected chi connectivity index (χ1v) is 6.98. The molecule has 6 heteroatoms. The summed E-state index contributed by atoms with van der Waals surface area (Å²) in [6.45, 7) is 0.880. The van der Waals surface area contributed by atoms with Crippen molar-refractivity contribution >= 4 is 12.0 Å². The topological polar surface area (TPSA) is 89.9 Å². The van der Waals surface area contributed by atoms with Crippen LogP contribution in [0.25, 0.3) is 0 Å². The van der Waals surface area contributed by atoms with Crippen LogP contribution >= 0.6 is 0 Å². The van der Waals surface area contributed by atoms with Crippen molar-refractivity contribution in [1.82, 2.24) is 10.2 Å². The van der Waals surface area contributed by atoms with Gasteiger partial charge in [-0.25, -0.2) is 4.79 Å². The summed E-state index contributed by atoms with van der Waals surface area (Å²) in [7, 11) is 0. The van der Waals surface area contributed by atoms with E-state index in [0.29, 0.717) is 19.5 Å². The summed E-state index contributed by atoms with van der Waals surface area (Å²) in [5, 5.41) is 21.4. The molecule has 0 bridgehead atoms. The number of carboxylic acids is 1. The first kappa shape index (κ1) is 14.1. The van der Waals surface area contributed by atoms with Gasteiger partial charge in [0.25, 0.3) is 0 Å². The molecule has 1 aliphatic carbocycles. The molecule has 1 saturated heterocycles. The predicted octanol–water partition coefficient (Wildman–Crippen LogP) is 0.940. The molecule has 1 saturated carbocycles. The summed E-state index contributed by atoms with van der Waals surface area (Å²) in [6, 6.07) is -0.236. The van der Waals surface area contributed by atoms with E-state index in [0.717, 1.165) is 32.1 Å². The largest absolute Gasteiger partial charge is 0.481 e. The summed E-state index contributed by atoms with van der Waals surface area (Å²) in [6.07, 6.45) is 4.58. The minimum atomic E-state index is -0.872. The highest BCUT2D eigenvalue weighted by Gasteiger charge is 2.37. The molecule has 0 aromatic carbocycles. The van der Waals surface area contributed by atoms with E-state index >= 15 is 0 Å². The maximum Gasteiger partial charge on any atom is 0.317 e. The Morgan fingerprint density at radius 3 is 2.47 bits per heavy atom. The first-order chi connectivity index (χ1) is 9.01. The third-order valence-electron chi connectivity index (χ3n) is 4.12. The summed E-state index contributed by atoms with van der Waals surface area (Å²) in [5.41, 5.74) is -0.602. The number of aliphatic hydroxyl groups is 1. The van der Waals surface area contributed by atoms with E-state index in [1.807, 2.05) is 0 Å². The summed E-state index contributed by atoms with van der Waals surface area (Å²) in [4.78, 5) is 24.8. The van der Waals surface area contributed by atoms with Gasteiger partial charge in [-0.1, -0.05) is 19.3 Å². The van der Waals surface area contributed by atoms with Crippen LogP contribution in [0.3, 0.4) is 0 Å². The fraction of sp³-hybridized carbons (Fsp3) is 0.846. The zero-order valence-electron chi connectivity index (χ0n) is 11.1. The maximum absolute atomic E-state index is 12.2. The number of nitrogens with zero attached hydrogens (tertiary/aromatic N) is 1. The average Bonchev–Trinajstić information content (AvgIpc) is 2.76. The quantitative estimate of drug-likeness (QED) is 0.712. The number of likely N-dealkylation sites (tertiary alicyclic amines) is 1. The number of urea groups is 1. The Labute approximate surface area is 112 Å². The van der Waals surface area contributed by atoms with Gasteiger partial charge in [-0.05, 0) is 19.3 Å². The Balaban J connectivity index is 1.99. The third-order valence-corrected chi connectivity index (χ3v) is 4.12. The van der Waals surface area contributed by atoms with E-state index in [2.05, 4.69) is 5.32 Å². The Kier molecular flexibility index (Phi) is 4.29. The number of nitrogens with one attached hydrogen (secondary N) is 1. The van der Waals surface area contributed by atoms with Crippen LogP contribution < -0.4 is 5.32 Å². The molecule has 2 rings (SSSR count). The second-order valence-corrected chi connectivity index (χ2v) is 5.73. The summed E-state index contributed by atoms with van der Waals surface area (Å²) in [5.74, 6) is -0.872. The second-order valence-electron chi connectivity index (χ2n) is 5.73. The Morgan fingerprint density at radius 1 is 1.26 bits per heavy atom. The van der Waals surface area contributed by atoms with E-state index < -0.39 is 17.6 Å². The highest BCUT2D eigenvalue weighted by Crippen LogP contribution is 2.31. The number of rotatable bonds is 3. The number of carboxylic acid groups (broad SMARTS) is 1. The average molecular weight is 270 g/mol. The van der Waals surface area contributed by atoms with Gasteiger partial charge in [0.15, 0.2) is 0 Å². The van der Waals surface area contributed by atoms with Crippen LogP contribution in [0.2, 0.25) is 0 Å². The van der Waals surface area contributed by atoms with Crippen LogP contribution in [0.15, 0.2) is 0 Å². The number of carbonyl (C=O) groups excluding carboxylic acids is 1. The minimum absolute atomic E-state index is 0.0187. The zero-order valence-corrected chi connectivity index (χ0v) is 11.1. The number of β-amino-alcohol motifs (C(OH)–C–C–N with tert-alkyl or cyclic N) is 1. The van der Waals surface area contributed by atoms with Gasteiger partial charge in [0, 0.05) is 13.1 Å². The number of hydrogen-bond donors (Lipinski definition) is 3. The second kappa shape index (κ2) is 5.77. The zero-order chi connectivity index (χ0) is 13.9. The molecule has 19 heavy (non-hydrogen) atoms. The molecule has 2 amide bonds. The summed E-state index contributed by atoms with van der Waals surface area (Å²) >= 11 is 0. The van der Waals surface area contributed by atoms with Gasteiger partial charge in [-0.15, -0.1) is 0 Å². The minimum Gasteiger partial charge on any atom is -0.481 e. The van der Waals surface area contributed by atoms with E-state index in [4.69, 9.17) is 5.11 Å². The van der Waals surface area contributed by atoms with Gasteiger partial charge in [-0.2, -0.15) is 0 Å². The van der Waals surface area contributed by atoms with Crippen LogP contribution in [0, 0.1) is 0 Å². The fourth-order valence-electron chi connectivity index (χ4n) is 3.10. The monoisotopic (exact) mass is 270 g/mol. The molecule has 1 aliphatic heterocycles. The molecule has 3 N–H and O–H groups in total. The van der Waals surface area contributed by atoms with Gasteiger partial charge in [0.2, 0.25) is 0 Å². The van der Waals surface area contributed by atoms with Crippen molar-refractivity contribution in [3.8, 4) is 0 Å². The van der Waals surface area contributed by atoms with Crippen molar-refractivity contribution in [3.63, 3.8) is 0 Å². The lowest BCUT2D eigenvalue weighted by Gasteiger charge is -2.38. The van der Waals surface area contributed by atoms with Crippen LogP contribution in [0.1, 0.15) is 44.9 Å². The number of amides is 2. The molecule has 0 spiro atoms. The lowest BCUT2D eigenvalue weighted by Crippen LogP contribution is -2.54. The molecule has 0 radical (unpaired) electrons. The maximum atomic E-state index is 12.2. The molecule has 1 unspecified atom stereocenters. The van der Waals surface area contributed by atoms with Crippen LogP contribution in [-0.4, -0.2) is 51.8 Å². The molecule has 6 nitrogen and oxygen atoms in total. The molecule has 2 fully saturated rings.